The maximum Gasteiger partial charge on any atom is 0.259 e. The maximum absolute atomic E-state index is 13.3. The van der Waals surface area contributed by atoms with E-state index in [-0.39, 0.29) is 5.91 Å². The lowest BCUT2D eigenvalue weighted by Gasteiger charge is -2.55. The second-order valence-electron chi connectivity index (χ2n) is 8.96. The Morgan fingerprint density at radius 2 is 1.96 bits per heavy atom. The van der Waals surface area contributed by atoms with Gasteiger partial charge in [0.05, 0.1) is 6.61 Å². The Labute approximate surface area is 162 Å². The van der Waals surface area contributed by atoms with Gasteiger partial charge in [-0.05, 0) is 68.9 Å². The van der Waals surface area contributed by atoms with Crippen molar-refractivity contribution >= 4 is 5.91 Å². The van der Waals surface area contributed by atoms with Crippen molar-refractivity contribution in [2.45, 2.75) is 57.5 Å². The molecule has 0 aromatic carbocycles. The van der Waals surface area contributed by atoms with Crippen molar-refractivity contribution in [3.63, 3.8) is 0 Å². The molecule has 1 saturated carbocycles. The summed E-state index contributed by atoms with van der Waals surface area (Å²) in [7, 11) is 0. The second-order valence-corrected chi connectivity index (χ2v) is 8.96. The molecule has 0 N–H and O–H groups in total. The normalized spacial score (nSPS) is 33.4. The van der Waals surface area contributed by atoms with Gasteiger partial charge in [-0.2, -0.15) is 0 Å². The van der Waals surface area contributed by atoms with Gasteiger partial charge in [0.25, 0.3) is 5.91 Å². The molecule has 5 nitrogen and oxygen atoms in total. The highest BCUT2D eigenvalue weighted by atomic mass is 16.5. The minimum Gasteiger partial charge on any atom is -0.477 e. The molecule has 2 bridgehead atoms. The monoisotopic (exact) mass is 369 g/mol. The third-order valence-electron chi connectivity index (χ3n) is 7.17. The summed E-state index contributed by atoms with van der Waals surface area (Å²) in [6, 6.07) is 5.22. The number of carbonyl (C=O) groups is 1. The number of ether oxygens (including phenoxy) is 1. The van der Waals surface area contributed by atoms with Gasteiger partial charge in [0, 0.05) is 37.9 Å². The SMILES string of the molecule is CCOc1ncccc1C(=O)N1C[C@@H]2C[C@H](C1)[C@@H]1CCC[C@H](C3CC3)N1C2. The molecule has 5 heteroatoms. The zero-order valence-electron chi connectivity index (χ0n) is 16.3. The summed E-state index contributed by atoms with van der Waals surface area (Å²) < 4.78 is 5.61. The molecule has 0 radical (unpaired) electrons. The van der Waals surface area contributed by atoms with Crippen LogP contribution in [-0.2, 0) is 0 Å². The Bertz CT molecular complexity index is 705. The Hall–Kier alpha value is -1.62. The van der Waals surface area contributed by atoms with Crippen LogP contribution in [0.3, 0.4) is 0 Å². The predicted octanol–water partition coefficient (Wildman–Crippen LogP) is 3.21. The average molecular weight is 370 g/mol. The molecule has 146 valence electrons. The maximum atomic E-state index is 13.3. The van der Waals surface area contributed by atoms with Crippen molar-refractivity contribution in [2.24, 2.45) is 17.8 Å². The zero-order chi connectivity index (χ0) is 18.4. The van der Waals surface area contributed by atoms with Crippen molar-refractivity contribution in [1.29, 1.82) is 0 Å². The number of nitrogens with zero attached hydrogens (tertiary/aromatic N) is 3. The Morgan fingerprint density at radius 1 is 1.15 bits per heavy atom. The third kappa shape index (κ3) is 3.24. The number of likely N-dealkylation sites (tertiary alicyclic amines) is 1. The highest BCUT2D eigenvalue weighted by Gasteiger charge is 2.48. The standard InChI is InChI=1S/C22H31N3O2/c1-2-27-21-18(5-4-10-23-21)22(26)24-12-15-11-17(14-24)20-7-3-6-19(16-8-9-16)25(20)13-15/h4-5,10,15-17,19-20H,2-3,6-9,11-14H2,1H3/t15-,17+,19+,20-/m0/s1. The van der Waals surface area contributed by atoms with Crippen molar-refractivity contribution in [3.05, 3.63) is 23.9 Å². The van der Waals surface area contributed by atoms with Crippen LogP contribution in [0.1, 0.15) is 55.8 Å². The van der Waals surface area contributed by atoms with E-state index in [1.54, 1.807) is 6.20 Å². The summed E-state index contributed by atoms with van der Waals surface area (Å²) in [5.41, 5.74) is 0.621. The fraction of sp³-hybridized carbons (Fsp3) is 0.727. The van der Waals surface area contributed by atoms with Gasteiger partial charge in [0.2, 0.25) is 5.88 Å². The summed E-state index contributed by atoms with van der Waals surface area (Å²) in [6.07, 6.45) is 9.97. The third-order valence-corrected chi connectivity index (χ3v) is 7.17. The number of hydrogen-bond acceptors (Lipinski definition) is 4. The molecule has 3 aliphatic heterocycles. The van der Waals surface area contributed by atoms with Crippen molar-refractivity contribution in [1.82, 2.24) is 14.8 Å². The zero-order valence-corrected chi connectivity index (χ0v) is 16.3. The molecule has 1 aromatic rings. The van der Waals surface area contributed by atoms with Crippen LogP contribution < -0.4 is 4.74 Å². The molecule has 27 heavy (non-hydrogen) atoms. The first-order valence-electron chi connectivity index (χ1n) is 10.9. The largest absolute Gasteiger partial charge is 0.477 e. The number of carbonyl (C=O) groups excluding carboxylic acids is 1. The lowest BCUT2D eigenvalue weighted by molar-refractivity contribution is -0.0551. The number of pyridine rings is 1. The smallest absolute Gasteiger partial charge is 0.259 e. The first kappa shape index (κ1) is 17.5. The number of piperidine rings is 3. The van der Waals surface area contributed by atoms with Crippen LogP contribution in [-0.4, -0.2) is 59.0 Å². The van der Waals surface area contributed by atoms with E-state index in [1.165, 1.54) is 45.1 Å². The molecule has 4 aliphatic rings. The van der Waals surface area contributed by atoms with Gasteiger partial charge in [-0.3, -0.25) is 9.69 Å². The van der Waals surface area contributed by atoms with Crippen LogP contribution in [0.15, 0.2) is 18.3 Å². The molecule has 4 heterocycles. The second kappa shape index (κ2) is 7.08. The van der Waals surface area contributed by atoms with Crippen LogP contribution in [0.25, 0.3) is 0 Å². The number of fused-ring (bicyclic) bond motifs is 4. The van der Waals surface area contributed by atoms with Gasteiger partial charge in [-0.25, -0.2) is 4.98 Å². The van der Waals surface area contributed by atoms with Crippen molar-refractivity contribution < 1.29 is 9.53 Å². The minimum absolute atomic E-state index is 0.101. The van der Waals surface area contributed by atoms with E-state index >= 15 is 0 Å². The molecule has 1 amide bonds. The molecule has 3 saturated heterocycles. The van der Waals surface area contributed by atoms with Crippen molar-refractivity contribution in [3.8, 4) is 5.88 Å². The van der Waals surface area contributed by atoms with E-state index in [1.807, 2.05) is 19.1 Å². The summed E-state index contributed by atoms with van der Waals surface area (Å²) in [5, 5.41) is 0. The fourth-order valence-electron chi connectivity index (χ4n) is 5.98. The van der Waals surface area contributed by atoms with E-state index in [9.17, 15) is 4.79 Å². The lowest BCUT2D eigenvalue weighted by Crippen LogP contribution is -2.62. The number of amides is 1. The van der Waals surface area contributed by atoms with Gasteiger partial charge in [-0.15, -0.1) is 0 Å². The van der Waals surface area contributed by atoms with Crippen LogP contribution in [0.4, 0.5) is 0 Å². The molecule has 0 unspecified atom stereocenters. The van der Waals surface area contributed by atoms with Crippen LogP contribution >= 0.6 is 0 Å². The van der Waals surface area contributed by atoms with Crippen LogP contribution in [0.2, 0.25) is 0 Å². The Kier molecular flexibility index (Phi) is 4.58. The molecule has 1 aliphatic carbocycles. The number of hydrogen-bond donors (Lipinski definition) is 0. The van der Waals surface area contributed by atoms with Gasteiger partial charge in [0.1, 0.15) is 5.56 Å². The number of rotatable bonds is 4. The van der Waals surface area contributed by atoms with Crippen LogP contribution in [0, 0.1) is 17.8 Å². The molecule has 5 rings (SSSR count). The Morgan fingerprint density at radius 3 is 2.74 bits per heavy atom. The van der Waals surface area contributed by atoms with Gasteiger partial charge < -0.3 is 9.64 Å². The summed E-state index contributed by atoms with van der Waals surface area (Å²) in [5.74, 6) is 2.80. The highest BCUT2D eigenvalue weighted by molar-refractivity contribution is 5.96. The van der Waals surface area contributed by atoms with E-state index in [2.05, 4.69) is 14.8 Å². The molecular formula is C22H31N3O2. The molecule has 1 aromatic heterocycles. The summed E-state index contributed by atoms with van der Waals surface area (Å²) in [4.78, 5) is 22.5. The summed E-state index contributed by atoms with van der Waals surface area (Å²) in [6.45, 7) is 5.44. The fourth-order valence-corrected chi connectivity index (χ4v) is 5.98. The van der Waals surface area contributed by atoms with E-state index in [0.717, 1.165) is 25.0 Å². The molecule has 0 spiro atoms. The van der Waals surface area contributed by atoms with Gasteiger partial charge in [-0.1, -0.05) is 6.42 Å². The quantitative estimate of drug-likeness (QED) is 0.818. The minimum atomic E-state index is 0.101. The Balaban J connectivity index is 1.34. The topological polar surface area (TPSA) is 45.7 Å². The first-order chi connectivity index (χ1) is 13.2. The van der Waals surface area contributed by atoms with E-state index in [0.29, 0.717) is 35.9 Å². The van der Waals surface area contributed by atoms with Crippen molar-refractivity contribution in [2.75, 3.05) is 26.2 Å². The first-order valence-corrected chi connectivity index (χ1v) is 10.9. The highest BCUT2D eigenvalue weighted by Crippen LogP contribution is 2.46. The predicted molar refractivity (Wildman–Crippen MR) is 104 cm³/mol. The molecular weight excluding hydrogens is 338 g/mol. The van der Waals surface area contributed by atoms with Gasteiger partial charge >= 0.3 is 0 Å². The summed E-state index contributed by atoms with van der Waals surface area (Å²) >= 11 is 0. The molecule has 4 atom stereocenters. The van der Waals surface area contributed by atoms with E-state index in [4.69, 9.17) is 4.74 Å². The van der Waals surface area contributed by atoms with Crippen LogP contribution in [0.5, 0.6) is 5.88 Å². The average Bonchev–Trinajstić information content (AvgIpc) is 3.53. The number of aromatic nitrogens is 1. The van der Waals surface area contributed by atoms with E-state index < -0.39 is 0 Å². The van der Waals surface area contributed by atoms with Gasteiger partial charge in [0.15, 0.2) is 0 Å². The lowest BCUT2D eigenvalue weighted by atomic mass is 9.74. The molecule has 4 fully saturated rings.